The van der Waals surface area contributed by atoms with Crippen molar-refractivity contribution >= 4 is 23.2 Å². The summed E-state index contributed by atoms with van der Waals surface area (Å²) in [5, 5.41) is 13.9. The van der Waals surface area contributed by atoms with Gasteiger partial charge in [-0.1, -0.05) is 6.07 Å². The molecular weight excluding hydrogens is 326 g/mol. The lowest BCUT2D eigenvalue weighted by molar-refractivity contribution is -0.138. The third-order valence-corrected chi connectivity index (χ3v) is 5.56. The van der Waals surface area contributed by atoms with Crippen molar-refractivity contribution in [3.63, 3.8) is 0 Å². The van der Waals surface area contributed by atoms with Gasteiger partial charge in [0, 0.05) is 17.5 Å². The normalized spacial score (nSPS) is 20.5. The molecule has 1 aliphatic rings. The number of carbonyl (C=O) groups excluding carboxylic acids is 1. The lowest BCUT2D eigenvalue weighted by atomic mass is 10.1. The maximum Gasteiger partial charge on any atom is 0.317 e. The Kier molecular flexibility index (Phi) is 7.20. The molecule has 2 heterocycles. The summed E-state index contributed by atoms with van der Waals surface area (Å²) in [7, 11) is 1.87. The van der Waals surface area contributed by atoms with Gasteiger partial charge in [-0.05, 0) is 51.2 Å². The molecule has 24 heavy (non-hydrogen) atoms. The molecule has 0 aromatic carbocycles. The Labute approximate surface area is 147 Å². The van der Waals surface area contributed by atoms with E-state index in [-0.39, 0.29) is 24.5 Å². The van der Waals surface area contributed by atoms with E-state index in [2.05, 4.69) is 10.2 Å². The summed E-state index contributed by atoms with van der Waals surface area (Å²) in [4.78, 5) is 28.5. The van der Waals surface area contributed by atoms with Gasteiger partial charge >= 0.3 is 5.97 Å². The molecule has 1 aromatic heterocycles. The van der Waals surface area contributed by atoms with Crippen molar-refractivity contribution in [2.45, 2.75) is 44.8 Å². The van der Waals surface area contributed by atoms with Crippen molar-refractivity contribution in [2.75, 3.05) is 26.7 Å². The quantitative estimate of drug-likeness (QED) is 0.779. The van der Waals surface area contributed by atoms with Crippen LogP contribution in [0.25, 0.3) is 0 Å². The number of likely N-dealkylation sites (tertiary alicyclic amines) is 1. The van der Waals surface area contributed by atoms with Crippen molar-refractivity contribution in [1.29, 1.82) is 0 Å². The molecule has 134 valence electrons. The van der Waals surface area contributed by atoms with E-state index in [1.807, 2.05) is 36.4 Å². The molecule has 1 aliphatic heterocycles. The lowest BCUT2D eigenvalue weighted by Crippen LogP contribution is -2.45. The zero-order valence-corrected chi connectivity index (χ0v) is 15.2. The Hall–Kier alpha value is -1.44. The van der Waals surface area contributed by atoms with Crippen LogP contribution in [0.1, 0.15) is 31.1 Å². The number of hydrogen-bond donors (Lipinski definition) is 2. The number of carboxylic acid groups (broad SMARTS) is 1. The van der Waals surface area contributed by atoms with Crippen LogP contribution in [0, 0.1) is 0 Å². The van der Waals surface area contributed by atoms with E-state index in [0.29, 0.717) is 6.54 Å². The Bertz CT molecular complexity index is 535. The highest BCUT2D eigenvalue weighted by molar-refractivity contribution is 7.09. The van der Waals surface area contributed by atoms with Crippen molar-refractivity contribution in [3.8, 4) is 0 Å². The summed E-state index contributed by atoms with van der Waals surface area (Å²) in [6.45, 7) is 4.30. The maximum absolute atomic E-state index is 12.4. The first kappa shape index (κ1) is 18.9. The van der Waals surface area contributed by atoms with Crippen LogP contribution in [-0.2, 0) is 16.1 Å². The van der Waals surface area contributed by atoms with Crippen LogP contribution >= 0.6 is 11.3 Å². The largest absolute Gasteiger partial charge is 0.480 e. The third-order valence-electron chi connectivity index (χ3n) is 4.68. The number of rotatable bonds is 7. The van der Waals surface area contributed by atoms with Crippen molar-refractivity contribution in [1.82, 2.24) is 15.1 Å². The van der Waals surface area contributed by atoms with Gasteiger partial charge in [-0.15, -0.1) is 11.3 Å². The van der Waals surface area contributed by atoms with Gasteiger partial charge in [-0.3, -0.25) is 19.4 Å². The number of carboxylic acids is 1. The second kappa shape index (κ2) is 9.15. The Morgan fingerprint density at radius 1 is 1.46 bits per heavy atom. The van der Waals surface area contributed by atoms with Gasteiger partial charge in [0.1, 0.15) is 0 Å². The van der Waals surface area contributed by atoms with E-state index < -0.39 is 5.97 Å². The zero-order valence-electron chi connectivity index (χ0n) is 14.4. The summed E-state index contributed by atoms with van der Waals surface area (Å²) in [6.07, 6.45) is 2.85. The number of carbonyl (C=O) groups is 2. The van der Waals surface area contributed by atoms with E-state index in [9.17, 15) is 9.59 Å². The van der Waals surface area contributed by atoms with E-state index in [1.165, 1.54) is 0 Å². The number of likely N-dealkylation sites (N-methyl/N-ethyl adjacent to an activating group) is 1. The van der Waals surface area contributed by atoms with Crippen LogP contribution in [0.15, 0.2) is 17.5 Å². The Morgan fingerprint density at radius 2 is 2.25 bits per heavy atom. The number of nitrogens with zero attached hydrogens (tertiary/aromatic N) is 2. The minimum Gasteiger partial charge on any atom is -0.480 e. The van der Waals surface area contributed by atoms with Crippen LogP contribution in [0.5, 0.6) is 0 Å². The fourth-order valence-corrected chi connectivity index (χ4v) is 3.82. The third kappa shape index (κ3) is 5.58. The molecule has 0 radical (unpaired) electrons. The first-order valence-electron chi connectivity index (χ1n) is 8.43. The van der Waals surface area contributed by atoms with Gasteiger partial charge in [0.05, 0.1) is 19.1 Å². The van der Waals surface area contributed by atoms with E-state index >= 15 is 0 Å². The molecule has 0 bridgehead atoms. The number of nitrogens with one attached hydrogen (secondary N) is 1. The maximum atomic E-state index is 12.4. The molecule has 2 rings (SSSR count). The molecule has 7 heteroatoms. The average molecular weight is 353 g/mol. The monoisotopic (exact) mass is 353 g/mol. The summed E-state index contributed by atoms with van der Waals surface area (Å²) in [6, 6.07) is 4.11. The molecular formula is C17H27N3O3S. The van der Waals surface area contributed by atoms with E-state index in [1.54, 1.807) is 11.3 Å². The first-order chi connectivity index (χ1) is 11.5. The fraction of sp³-hybridized carbons (Fsp3) is 0.647. The SMILES string of the molecule is CC(C(=O)NCc1cccs1)N1CCCC(N(C)CC(=O)O)CC1. The van der Waals surface area contributed by atoms with E-state index in [0.717, 1.165) is 37.2 Å². The topological polar surface area (TPSA) is 72.9 Å². The van der Waals surface area contributed by atoms with Crippen molar-refractivity contribution < 1.29 is 14.7 Å². The molecule has 2 N–H and O–H groups in total. The predicted molar refractivity (Wildman–Crippen MR) is 95.1 cm³/mol. The predicted octanol–water partition coefficient (Wildman–Crippen LogP) is 1.62. The summed E-state index contributed by atoms with van der Waals surface area (Å²) in [5.41, 5.74) is 0. The standard InChI is InChI=1S/C17H27N3O3S/c1-13(17(23)18-11-15-6-4-10-24-15)20-8-3-5-14(7-9-20)19(2)12-16(21)22/h4,6,10,13-14H,3,5,7-9,11-12H2,1-2H3,(H,18,23)(H,21,22). The molecule has 6 nitrogen and oxygen atoms in total. The van der Waals surface area contributed by atoms with Crippen LogP contribution in [-0.4, -0.2) is 65.5 Å². The fourth-order valence-electron chi connectivity index (χ4n) is 3.17. The van der Waals surface area contributed by atoms with Gasteiger partial charge < -0.3 is 10.4 Å². The van der Waals surface area contributed by atoms with Gasteiger partial charge in [-0.2, -0.15) is 0 Å². The first-order valence-corrected chi connectivity index (χ1v) is 9.31. The summed E-state index contributed by atoms with van der Waals surface area (Å²) in [5.74, 6) is -0.735. The smallest absolute Gasteiger partial charge is 0.317 e. The average Bonchev–Trinajstić information content (AvgIpc) is 2.93. The molecule has 0 aliphatic carbocycles. The second-order valence-electron chi connectivity index (χ2n) is 6.40. The summed E-state index contributed by atoms with van der Waals surface area (Å²) < 4.78 is 0. The summed E-state index contributed by atoms with van der Waals surface area (Å²) >= 11 is 1.64. The molecule has 0 spiro atoms. The Balaban J connectivity index is 1.81. The minimum absolute atomic E-state index is 0.0562. The van der Waals surface area contributed by atoms with Crippen LogP contribution < -0.4 is 5.32 Å². The minimum atomic E-state index is -0.792. The second-order valence-corrected chi connectivity index (χ2v) is 7.43. The number of hydrogen-bond acceptors (Lipinski definition) is 5. The molecule has 1 fully saturated rings. The molecule has 2 unspecified atom stereocenters. The van der Waals surface area contributed by atoms with Crippen molar-refractivity contribution in [3.05, 3.63) is 22.4 Å². The molecule has 1 amide bonds. The molecule has 0 saturated carbocycles. The van der Waals surface area contributed by atoms with Crippen LogP contribution in [0.2, 0.25) is 0 Å². The molecule has 1 saturated heterocycles. The van der Waals surface area contributed by atoms with E-state index in [4.69, 9.17) is 5.11 Å². The highest BCUT2D eigenvalue weighted by atomic mass is 32.1. The Morgan fingerprint density at radius 3 is 2.92 bits per heavy atom. The number of aliphatic carboxylic acids is 1. The molecule has 1 aromatic rings. The highest BCUT2D eigenvalue weighted by Gasteiger charge is 2.26. The van der Waals surface area contributed by atoms with Gasteiger partial charge in [0.25, 0.3) is 0 Å². The van der Waals surface area contributed by atoms with Crippen LogP contribution in [0.3, 0.4) is 0 Å². The van der Waals surface area contributed by atoms with Gasteiger partial charge in [0.15, 0.2) is 0 Å². The van der Waals surface area contributed by atoms with Gasteiger partial charge in [-0.25, -0.2) is 0 Å². The number of amides is 1. The lowest BCUT2D eigenvalue weighted by Gasteiger charge is -2.28. The molecule has 2 atom stereocenters. The van der Waals surface area contributed by atoms with Gasteiger partial charge in [0.2, 0.25) is 5.91 Å². The van der Waals surface area contributed by atoms with Crippen LogP contribution in [0.4, 0.5) is 0 Å². The highest BCUT2D eigenvalue weighted by Crippen LogP contribution is 2.17. The number of thiophene rings is 1. The zero-order chi connectivity index (χ0) is 17.5. The van der Waals surface area contributed by atoms with Crippen molar-refractivity contribution in [2.24, 2.45) is 0 Å².